The van der Waals surface area contributed by atoms with Crippen LogP contribution in [-0.2, 0) is 0 Å². The maximum absolute atomic E-state index is 13.8. The highest BCUT2D eigenvalue weighted by molar-refractivity contribution is 6.29. The molecule has 2 aromatic rings. The molecule has 2 nitrogen and oxygen atoms in total. The summed E-state index contributed by atoms with van der Waals surface area (Å²) >= 11 is 0. The highest BCUT2D eigenvalue weighted by atomic mass is 19.2. The van der Waals surface area contributed by atoms with Crippen LogP contribution in [0.1, 0.15) is 32.2 Å². The average Bonchev–Trinajstić information content (AvgIpc) is 2.70. The predicted molar refractivity (Wildman–Crippen MR) is 64.2 cm³/mol. The molecule has 0 saturated heterocycles. The third-order valence-electron chi connectivity index (χ3n) is 3.36. The number of carbonyl (C=O) groups excluding carboxylic acids is 2. The molecule has 0 radical (unpaired) electrons. The first kappa shape index (κ1) is 12.6. The number of halogens is 3. The first-order valence-electron chi connectivity index (χ1n) is 5.83. The molecular weight excluding hydrogens is 269 g/mol. The largest absolute Gasteiger partial charge is 0.293 e. The lowest BCUT2D eigenvalue weighted by Gasteiger charge is -2.09. The normalized spacial score (nSPS) is 14.8. The zero-order chi connectivity index (χ0) is 14.4. The van der Waals surface area contributed by atoms with Gasteiger partial charge in [0.25, 0.3) is 0 Å². The van der Waals surface area contributed by atoms with Crippen molar-refractivity contribution in [1.29, 1.82) is 0 Å². The van der Waals surface area contributed by atoms with Crippen LogP contribution >= 0.6 is 0 Å². The summed E-state index contributed by atoms with van der Waals surface area (Å²) < 4.78 is 39.9. The van der Waals surface area contributed by atoms with E-state index < -0.39 is 40.5 Å². The SMILES string of the molecule is O=C1c2ccccc2C(=O)C1c1ccc(F)c(F)c1F. The molecule has 0 amide bonds. The number of hydrogen-bond acceptors (Lipinski definition) is 2. The minimum Gasteiger partial charge on any atom is -0.293 e. The smallest absolute Gasteiger partial charge is 0.194 e. The van der Waals surface area contributed by atoms with Crippen LogP contribution in [0.4, 0.5) is 13.2 Å². The van der Waals surface area contributed by atoms with Crippen molar-refractivity contribution < 1.29 is 22.8 Å². The lowest BCUT2D eigenvalue weighted by Crippen LogP contribution is -2.15. The van der Waals surface area contributed by atoms with Gasteiger partial charge in [-0.1, -0.05) is 30.3 Å². The third kappa shape index (κ3) is 1.59. The lowest BCUT2D eigenvalue weighted by molar-refractivity contribution is 0.0887. The van der Waals surface area contributed by atoms with Crippen LogP contribution in [0, 0.1) is 17.5 Å². The average molecular weight is 276 g/mol. The second kappa shape index (κ2) is 4.30. The lowest BCUT2D eigenvalue weighted by atomic mass is 9.93. The van der Waals surface area contributed by atoms with Crippen molar-refractivity contribution in [3.05, 3.63) is 70.5 Å². The third-order valence-corrected chi connectivity index (χ3v) is 3.36. The molecule has 0 unspecified atom stereocenters. The van der Waals surface area contributed by atoms with Gasteiger partial charge in [0.05, 0.1) is 0 Å². The number of ketones is 2. The topological polar surface area (TPSA) is 34.1 Å². The van der Waals surface area contributed by atoms with Crippen molar-refractivity contribution in [2.75, 3.05) is 0 Å². The van der Waals surface area contributed by atoms with E-state index in [2.05, 4.69) is 0 Å². The maximum Gasteiger partial charge on any atom is 0.194 e. The first-order valence-corrected chi connectivity index (χ1v) is 5.83. The van der Waals surface area contributed by atoms with Crippen LogP contribution in [0.25, 0.3) is 0 Å². The van der Waals surface area contributed by atoms with Crippen molar-refractivity contribution in [3.8, 4) is 0 Å². The van der Waals surface area contributed by atoms with E-state index in [1.807, 2.05) is 0 Å². The summed E-state index contributed by atoms with van der Waals surface area (Å²) in [7, 11) is 0. The van der Waals surface area contributed by atoms with Crippen LogP contribution in [0.2, 0.25) is 0 Å². The Morgan fingerprint density at radius 1 is 0.750 bits per heavy atom. The minimum atomic E-state index is -1.68. The van der Waals surface area contributed by atoms with Gasteiger partial charge in [-0.05, 0) is 6.07 Å². The van der Waals surface area contributed by atoms with Crippen molar-refractivity contribution in [3.63, 3.8) is 0 Å². The minimum absolute atomic E-state index is 0.173. The first-order chi connectivity index (χ1) is 9.52. The number of benzene rings is 2. The Balaban J connectivity index is 2.17. The van der Waals surface area contributed by atoms with Crippen molar-refractivity contribution in [2.45, 2.75) is 5.92 Å². The zero-order valence-corrected chi connectivity index (χ0v) is 9.99. The summed E-state index contributed by atoms with van der Waals surface area (Å²) in [6.45, 7) is 0. The van der Waals surface area contributed by atoms with E-state index in [0.29, 0.717) is 6.07 Å². The van der Waals surface area contributed by atoms with Crippen molar-refractivity contribution in [2.24, 2.45) is 0 Å². The molecular formula is C15H7F3O2. The Hall–Kier alpha value is -2.43. The fourth-order valence-corrected chi connectivity index (χ4v) is 2.39. The summed E-state index contributed by atoms with van der Waals surface area (Å²) in [4.78, 5) is 24.3. The molecule has 0 aliphatic heterocycles. The molecule has 2 aromatic carbocycles. The summed E-state index contributed by atoms with van der Waals surface area (Å²) in [5, 5.41) is 0. The Bertz CT molecular complexity index is 718. The second-order valence-corrected chi connectivity index (χ2v) is 4.47. The number of carbonyl (C=O) groups is 2. The Kier molecular flexibility index (Phi) is 2.71. The van der Waals surface area contributed by atoms with Gasteiger partial charge in [0.15, 0.2) is 29.0 Å². The van der Waals surface area contributed by atoms with E-state index in [1.165, 1.54) is 12.1 Å². The Labute approximate surface area is 111 Å². The van der Waals surface area contributed by atoms with Gasteiger partial charge in [-0.3, -0.25) is 9.59 Å². The summed E-state index contributed by atoms with van der Waals surface area (Å²) in [6, 6.07) is 7.69. The number of hydrogen-bond donors (Lipinski definition) is 0. The molecule has 0 fully saturated rings. The molecule has 20 heavy (non-hydrogen) atoms. The van der Waals surface area contributed by atoms with Crippen molar-refractivity contribution >= 4 is 11.6 Å². The van der Waals surface area contributed by atoms with Crippen LogP contribution in [-0.4, -0.2) is 11.6 Å². The van der Waals surface area contributed by atoms with Crippen LogP contribution in [0.5, 0.6) is 0 Å². The monoisotopic (exact) mass is 276 g/mol. The van der Waals surface area contributed by atoms with Crippen molar-refractivity contribution in [1.82, 2.24) is 0 Å². The standard InChI is InChI=1S/C15H7F3O2/c16-10-6-5-9(12(17)13(10)18)11-14(19)7-3-1-2-4-8(7)15(11)20/h1-6,11H. The van der Waals surface area contributed by atoms with E-state index in [1.54, 1.807) is 12.1 Å². The van der Waals surface area contributed by atoms with Gasteiger partial charge >= 0.3 is 0 Å². The van der Waals surface area contributed by atoms with Gasteiger partial charge in [-0.25, -0.2) is 13.2 Å². The molecule has 100 valence electrons. The summed E-state index contributed by atoms with van der Waals surface area (Å²) in [5.74, 6) is -7.18. The Morgan fingerprint density at radius 2 is 1.30 bits per heavy atom. The number of fused-ring (bicyclic) bond motifs is 1. The molecule has 1 aliphatic rings. The molecule has 0 spiro atoms. The molecule has 0 aromatic heterocycles. The molecule has 0 atom stereocenters. The summed E-state index contributed by atoms with van der Waals surface area (Å²) in [5.41, 5.74) is -0.0895. The van der Waals surface area contributed by atoms with E-state index in [-0.39, 0.29) is 11.1 Å². The maximum atomic E-state index is 13.8. The van der Waals surface area contributed by atoms with E-state index >= 15 is 0 Å². The number of Topliss-reactive ketones (excluding diaryl/α,β-unsaturated/α-hetero) is 2. The van der Waals surface area contributed by atoms with Gasteiger partial charge < -0.3 is 0 Å². The molecule has 3 rings (SSSR count). The van der Waals surface area contributed by atoms with E-state index in [4.69, 9.17) is 0 Å². The highest BCUT2D eigenvalue weighted by Crippen LogP contribution is 2.35. The van der Waals surface area contributed by atoms with Gasteiger partial charge in [-0.15, -0.1) is 0 Å². The molecule has 0 heterocycles. The summed E-state index contributed by atoms with van der Waals surface area (Å²) in [6.07, 6.45) is 0. The predicted octanol–water partition coefficient (Wildman–Crippen LogP) is 3.27. The quantitative estimate of drug-likeness (QED) is 0.591. The van der Waals surface area contributed by atoms with E-state index in [0.717, 1.165) is 6.07 Å². The highest BCUT2D eigenvalue weighted by Gasteiger charge is 2.41. The van der Waals surface area contributed by atoms with Crippen LogP contribution in [0.3, 0.4) is 0 Å². The van der Waals surface area contributed by atoms with Gasteiger partial charge in [0.1, 0.15) is 5.92 Å². The second-order valence-electron chi connectivity index (χ2n) is 4.47. The molecule has 0 N–H and O–H groups in total. The molecule has 5 heteroatoms. The van der Waals surface area contributed by atoms with E-state index in [9.17, 15) is 22.8 Å². The van der Waals surface area contributed by atoms with Gasteiger partial charge in [-0.2, -0.15) is 0 Å². The molecule has 1 aliphatic carbocycles. The fraction of sp³-hybridized carbons (Fsp3) is 0.0667. The zero-order valence-electron chi connectivity index (χ0n) is 9.99. The van der Waals surface area contributed by atoms with Crippen LogP contribution in [0.15, 0.2) is 36.4 Å². The van der Waals surface area contributed by atoms with Gasteiger partial charge in [0.2, 0.25) is 0 Å². The van der Waals surface area contributed by atoms with Crippen LogP contribution < -0.4 is 0 Å². The fourth-order valence-electron chi connectivity index (χ4n) is 2.39. The molecule has 0 saturated carbocycles. The molecule has 0 bridgehead atoms. The Morgan fingerprint density at radius 3 is 1.85 bits per heavy atom. The van der Waals surface area contributed by atoms with Gasteiger partial charge in [0, 0.05) is 16.7 Å². The number of rotatable bonds is 1.